The third-order valence-corrected chi connectivity index (χ3v) is 9.45. The van der Waals surface area contributed by atoms with E-state index in [4.69, 9.17) is 5.14 Å². The van der Waals surface area contributed by atoms with Crippen molar-refractivity contribution in [2.45, 2.75) is 61.9 Å². The Morgan fingerprint density at radius 1 is 1.09 bits per heavy atom. The smallest absolute Gasteiger partial charge is 0.343 e. The van der Waals surface area contributed by atoms with Gasteiger partial charge in [-0.3, -0.25) is 4.79 Å². The first-order valence-corrected chi connectivity index (χ1v) is 16.2. The van der Waals surface area contributed by atoms with Crippen molar-refractivity contribution in [3.63, 3.8) is 0 Å². The number of alkyl halides is 3. The number of halogens is 5. The standard InChI is InChI=1S/C26H29F5N6O5S2/c1-15-33-35-37(34-15)14-18-13-19(26(29,30)31)4-2-17(18)3-7-23(38)36-10-8-16(9-11-36)12-21(43(39)40)20-5-6-22(44(32,41)42)25(28)24(20)27/h2,4-6,13,16,21,43H,3,7-12,14H2,1H3,(H2,32,41,42). The molecule has 0 bridgehead atoms. The number of tetrazole rings is 1. The number of aromatic nitrogens is 4. The molecule has 0 saturated carbocycles. The highest BCUT2D eigenvalue weighted by Crippen LogP contribution is 2.34. The Labute approximate surface area is 251 Å². The second-order valence-electron chi connectivity index (χ2n) is 10.5. The molecule has 1 unspecified atom stereocenters. The predicted octanol–water partition coefficient (Wildman–Crippen LogP) is 2.89. The summed E-state index contributed by atoms with van der Waals surface area (Å²) in [7, 11) is -7.83. The second kappa shape index (κ2) is 13.2. The number of piperidine rings is 1. The van der Waals surface area contributed by atoms with Crippen LogP contribution in [0, 0.1) is 24.5 Å². The van der Waals surface area contributed by atoms with Crippen LogP contribution in [0.4, 0.5) is 22.0 Å². The van der Waals surface area contributed by atoms with E-state index in [0.717, 1.165) is 24.3 Å². The number of carbonyl (C=O) groups excluding carboxylic acids is 1. The fourth-order valence-electron chi connectivity index (χ4n) is 5.22. The molecule has 1 aliphatic rings. The summed E-state index contributed by atoms with van der Waals surface area (Å²) >= 11 is 0. The zero-order valence-electron chi connectivity index (χ0n) is 23.3. The van der Waals surface area contributed by atoms with Gasteiger partial charge in [-0.05, 0) is 73.1 Å². The number of rotatable bonds is 10. The Kier molecular flexibility index (Phi) is 10.0. The fraction of sp³-hybridized carbons (Fsp3) is 0.462. The Balaban J connectivity index is 1.39. The highest BCUT2D eigenvalue weighted by atomic mass is 32.2. The van der Waals surface area contributed by atoms with Gasteiger partial charge >= 0.3 is 6.18 Å². The Hall–Kier alpha value is -3.51. The van der Waals surface area contributed by atoms with E-state index in [2.05, 4.69) is 15.4 Å². The van der Waals surface area contributed by atoms with E-state index in [-0.39, 0.29) is 50.7 Å². The van der Waals surface area contributed by atoms with E-state index in [1.807, 2.05) is 0 Å². The molecule has 1 amide bonds. The molecular formula is C26H29F5N6O5S2. The number of amides is 1. The average molecular weight is 665 g/mol. The van der Waals surface area contributed by atoms with Gasteiger partial charge < -0.3 is 4.90 Å². The summed E-state index contributed by atoms with van der Waals surface area (Å²) in [6.45, 7) is 2.04. The normalized spacial score (nSPS) is 15.6. The lowest BCUT2D eigenvalue weighted by Gasteiger charge is -2.33. The van der Waals surface area contributed by atoms with Crippen molar-refractivity contribution in [1.29, 1.82) is 0 Å². The zero-order valence-corrected chi connectivity index (χ0v) is 25.0. The van der Waals surface area contributed by atoms with Gasteiger partial charge in [0.15, 0.2) is 17.5 Å². The topological polar surface area (TPSA) is 158 Å². The molecule has 240 valence electrons. The molecule has 1 aliphatic heterocycles. The van der Waals surface area contributed by atoms with E-state index in [0.29, 0.717) is 29.8 Å². The van der Waals surface area contributed by atoms with Crippen LogP contribution in [-0.2, 0) is 44.7 Å². The van der Waals surface area contributed by atoms with E-state index in [1.54, 1.807) is 11.8 Å². The highest BCUT2D eigenvalue weighted by molar-refractivity contribution is 7.89. The summed E-state index contributed by atoms with van der Waals surface area (Å²) in [6, 6.07) is 4.88. The van der Waals surface area contributed by atoms with Gasteiger partial charge in [-0.15, -0.1) is 10.2 Å². The van der Waals surface area contributed by atoms with Crippen molar-refractivity contribution < 1.29 is 43.6 Å². The first kappa shape index (κ1) is 33.4. The maximum absolute atomic E-state index is 14.7. The molecule has 0 spiro atoms. The van der Waals surface area contributed by atoms with Crippen LogP contribution in [0.1, 0.15) is 59.0 Å². The first-order chi connectivity index (χ1) is 20.5. The van der Waals surface area contributed by atoms with Crippen molar-refractivity contribution in [3.05, 3.63) is 70.0 Å². The molecule has 0 aliphatic carbocycles. The van der Waals surface area contributed by atoms with Gasteiger partial charge in [0.25, 0.3) is 0 Å². The van der Waals surface area contributed by atoms with Gasteiger partial charge in [0, 0.05) is 25.1 Å². The highest BCUT2D eigenvalue weighted by Gasteiger charge is 2.32. The molecule has 1 atom stereocenters. The van der Waals surface area contributed by atoms with E-state index < -0.39 is 59.8 Å². The molecule has 44 heavy (non-hydrogen) atoms. The SMILES string of the molecule is Cc1nnn(Cc2cc(C(F)(F)F)ccc2CCC(=O)N2CCC(CC(c3ccc(S(N)(=O)=O)c(F)c3F)[SH](=O)=O)CC2)n1. The molecule has 2 aromatic carbocycles. The second-order valence-corrected chi connectivity index (χ2v) is 13.3. The largest absolute Gasteiger partial charge is 0.416 e. The molecule has 2 heterocycles. The van der Waals surface area contributed by atoms with Crippen LogP contribution in [0.3, 0.4) is 0 Å². The lowest BCUT2D eigenvalue weighted by molar-refractivity contribution is -0.137. The van der Waals surface area contributed by atoms with Gasteiger partial charge in [-0.1, -0.05) is 12.1 Å². The van der Waals surface area contributed by atoms with E-state index in [9.17, 15) is 43.6 Å². The lowest BCUT2D eigenvalue weighted by atomic mass is 9.89. The van der Waals surface area contributed by atoms with Crippen LogP contribution in [0.2, 0.25) is 0 Å². The fourth-order valence-corrected chi connectivity index (χ4v) is 6.71. The molecular weight excluding hydrogens is 635 g/mol. The number of aryl methyl sites for hydroxylation is 2. The van der Waals surface area contributed by atoms with Crippen molar-refractivity contribution in [2.24, 2.45) is 11.1 Å². The summed E-state index contributed by atoms with van der Waals surface area (Å²) in [5, 5.41) is 15.0. The molecule has 11 nitrogen and oxygen atoms in total. The van der Waals surface area contributed by atoms with Crippen molar-refractivity contribution in [3.8, 4) is 0 Å². The minimum absolute atomic E-state index is 0.00276. The maximum Gasteiger partial charge on any atom is 0.416 e. The molecule has 1 aromatic heterocycles. The average Bonchev–Trinajstić information content (AvgIpc) is 3.35. The molecule has 4 rings (SSSR count). The summed E-state index contributed by atoms with van der Waals surface area (Å²) < 4.78 is 116. The molecule has 1 fully saturated rings. The number of hydrogen-bond acceptors (Lipinski definition) is 8. The quantitative estimate of drug-likeness (QED) is 0.248. The number of thiol groups is 1. The van der Waals surface area contributed by atoms with E-state index >= 15 is 0 Å². The van der Waals surface area contributed by atoms with E-state index in [1.165, 1.54) is 10.9 Å². The zero-order chi connectivity index (χ0) is 32.4. The summed E-state index contributed by atoms with van der Waals surface area (Å²) in [5.74, 6) is -3.52. The minimum atomic E-state index is -4.56. The van der Waals surface area contributed by atoms with Gasteiger partial charge in [0.05, 0.1) is 17.4 Å². The third-order valence-electron chi connectivity index (χ3n) is 7.53. The minimum Gasteiger partial charge on any atom is -0.343 e. The Bertz CT molecular complexity index is 1710. The van der Waals surface area contributed by atoms with Crippen LogP contribution in [0.25, 0.3) is 0 Å². The van der Waals surface area contributed by atoms with Crippen LogP contribution in [-0.4, -0.2) is 60.9 Å². The Morgan fingerprint density at radius 3 is 2.34 bits per heavy atom. The number of carbonyl (C=O) groups is 1. The van der Waals surface area contributed by atoms with Crippen LogP contribution < -0.4 is 5.14 Å². The molecule has 3 aromatic rings. The van der Waals surface area contributed by atoms with Gasteiger partial charge in [-0.25, -0.2) is 30.8 Å². The number of benzene rings is 2. The molecule has 2 N–H and O–H groups in total. The number of sulfonamides is 1. The maximum atomic E-state index is 14.7. The first-order valence-electron chi connectivity index (χ1n) is 13.4. The number of likely N-dealkylation sites (tertiary alicyclic amines) is 1. The van der Waals surface area contributed by atoms with Crippen molar-refractivity contribution in [1.82, 2.24) is 25.1 Å². The number of nitrogens with two attached hydrogens (primary N) is 1. The van der Waals surface area contributed by atoms with Crippen LogP contribution in [0.15, 0.2) is 35.2 Å². The molecule has 0 radical (unpaired) electrons. The van der Waals surface area contributed by atoms with Crippen LogP contribution >= 0.6 is 0 Å². The monoisotopic (exact) mass is 664 g/mol. The van der Waals surface area contributed by atoms with Crippen molar-refractivity contribution in [2.75, 3.05) is 13.1 Å². The van der Waals surface area contributed by atoms with Crippen molar-refractivity contribution >= 4 is 26.6 Å². The molecule has 1 saturated heterocycles. The predicted molar refractivity (Wildman–Crippen MR) is 146 cm³/mol. The summed E-state index contributed by atoms with van der Waals surface area (Å²) in [5.41, 5.74) is -0.543. The van der Waals surface area contributed by atoms with Crippen LogP contribution in [0.5, 0.6) is 0 Å². The Morgan fingerprint density at radius 2 is 1.77 bits per heavy atom. The van der Waals surface area contributed by atoms with Gasteiger partial charge in [0.1, 0.15) is 15.6 Å². The number of primary sulfonamides is 1. The van der Waals surface area contributed by atoms with Gasteiger partial charge in [-0.2, -0.15) is 18.0 Å². The molecule has 18 heteroatoms. The van der Waals surface area contributed by atoms with Gasteiger partial charge in [0.2, 0.25) is 15.9 Å². The summed E-state index contributed by atoms with van der Waals surface area (Å²) in [4.78, 5) is 14.6. The summed E-state index contributed by atoms with van der Waals surface area (Å²) in [6.07, 6.45) is -3.75. The third kappa shape index (κ3) is 7.95. The number of nitrogens with zero attached hydrogens (tertiary/aromatic N) is 5. The lowest BCUT2D eigenvalue weighted by Crippen LogP contribution is -2.39. The number of hydrogen-bond donors (Lipinski definition) is 2.